The number of hydrogen-bond acceptors (Lipinski definition) is 2. The fraction of sp³-hybridized carbons (Fsp3) is 0.375. The molecule has 1 aromatic carbocycles. The summed E-state index contributed by atoms with van der Waals surface area (Å²) in [6, 6.07) is 8.85. The summed E-state index contributed by atoms with van der Waals surface area (Å²) in [6.07, 6.45) is 11.5. The molecule has 0 heterocycles. The quantitative estimate of drug-likeness (QED) is 0.351. The van der Waals surface area contributed by atoms with Crippen LogP contribution in [0.4, 0.5) is 0 Å². The molecule has 1 atom stereocenters. The molecule has 1 aliphatic rings. The molecular formula is C24H33NO. The molecular weight excluding hydrogens is 318 g/mol. The van der Waals surface area contributed by atoms with Gasteiger partial charge in [-0.05, 0) is 69.6 Å². The molecule has 1 N–H and O–H groups in total. The van der Waals surface area contributed by atoms with E-state index in [-0.39, 0.29) is 5.88 Å². The molecule has 0 amide bonds. The largest absolute Gasteiger partial charge is 0.493 e. The van der Waals surface area contributed by atoms with E-state index < -0.39 is 0 Å². The van der Waals surface area contributed by atoms with Crippen LogP contribution < -0.4 is 0 Å². The minimum Gasteiger partial charge on any atom is -0.493 e. The van der Waals surface area contributed by atoms with Crippen LogP contribution in [0.2, 0.25) is 0 Å². The normalized spacial score (nSPS) is 18.2. The molecule has 0 saturated heterocycles. The summed E-state index contributed by atoms with van der Waals surface area (Å²) in [6.45, 7) is 13.5. The molecule has 0 bridgehead atoms. The van der Waals surface area contributed by atoms with Crippen LogP contribution in [0.1, 0.15) is 64.5 Å². The van der Waals surface area contributed by atoms with Crippen LogP contribution in [0.15, 0.2) is 77.2 Å². The molecule has 2 rings (SSSR count). The molecule has 1 aromatic rings. The van der Waals surface area contributed by atoms with Gasteiger partial charge in [-0.3, -0.25) is 0 Å². The molecule has 0 aliphatic heterocycles. The highest BCUT2D eigenvalue weighted by Crippen LogP contribution is 2.30. The van der Waals surface area contributed by atoms with E-state index in [4.69, 9.17) is 0 Å². The average Bonchev–Trinajstić information content (AvgIpc) is 2.62. The minimum atomic E-state index is 0.0382. The van der Waals surface area contributed by atoms with Gasteiger partial charge in [-0.15, -0.1) is 0 Å². The Morgan fingerprint density at radius 1 is 1.19 bits per heavy atom. The number of benzene rings is 1. The predicted molar refractivity (Wildman–Crippen MR) is 115 cm³/mol. The van der Waals surface area contributed by atoms with Crippen molar-refractivity contribution in [1.82, 2.24) is 0 Å². The zero-order chi connectivity index (χ0) is 19.5. The van der Waals surface area contributed by atoms with Crippen LogP contribution in [0.5, 0.6) is 0 Å². The van der Waals surface area contributed by atoms with Crippen LogP contribution in [0.3, 0.4) is 0 Å². The number of aliphatic hydroxyl groups is 1. The second-order valence-electron chi connectivity index (χ2n) is 6.86. The van der Waals surface area contributed by atoms with Crippen LogP contribution in [-0.4, -0.2) is 10.8 Å². The summed E-state index contributed by atoms with van der Waals surface area (Å²) in [7, 11) is 0. The zero-order valence-electron chi connectivity index (χ0n) is 16.9. The summed E-state index contributed by atoms with van der Waals surface area (Å²) in [5.74, 6) is 0.830. The van der Waals surface area contributed by atoms with Gasteiger partial charge in [0.15, 0.2) is 0 Å². The third-order valence-corrected chi connectivity index (χ3v) is 4.56. The van der Waals surface area contributed by atoms with E-state index in [9.17, 15) is 5.11 Å². The van der Waals surface area contributed by atoms with Crippen LogP contribution in [-0.2, 0) is 6.42 Å². The first kappa shape index (κ1) is 21.7. The molecule has 140 valence electrons. The van der Waals surface area contributed by atoms with E-state index in [1.807, 2.05) is 52.0 Å². The van der Waals surface area contributed by atoms with Gasteiger partial charge in [0.1, 0.15) is 0 Å². The van der Waals surface area contributed by atoms with Crippen molar-refractivity contribution in [2.24, 2.45) is 4.99 Å². The summed E-state index contributed by atoms with van der Waals surface area (Å²) < 4.78 is 0. The third-order valence-electron chi connectivity index (χ3n) is 4.56. The van der Waals surface area contributed by atoms with Gasteiger partial charge in [0, 0.05) is 11.3 Å². The van der Waals surface area contributed by atoms with Gasteiger partial charge < -0.3 is 5.11 Å². The number of allylic oxidation sites excluding steroid dienone is 6. The number of aryl methyl sites for hydroxylation is 1. The molecule has 0 radical (unpaired) electrons. The Balaban J connectivity index is 0.000000269. The van der Waals surface area contributed by atoms with E-state index >= 15 is 0 Å². The lowest BCUT2D eigenvalue weighted by atomic mass is 9.84. The Labute approximate surface area is 159 Å². The molecule has 26 heavy (non-hydrogen) atoms. The average molecular weight is 352 g/mol. The minimum absolute atomic E-state index is 0.0382. The van der Waals surface area contributed by atoms with Gasteiger partial charge in [-0.25, -0.2) is 4.99 Å². The predicted octanol–water partition coefficient (Wildman–Crippen LogP) is 7.07. The molecule has 2 nitrogen and oxygen atoms in total. The standard InChI is InChI=1S/C13H19NO.C11H14/c1-6-7-8-9-11(4)13(15)14-12(5)10(2)3;1-9-5-4-7-10-6-2-3-8-11(9)10/h6-9,15H,2H2,1,3-5H3;2-3,6,8-9H,4-5,7H2,1H3/b7-6-,9-8-,13-11-,14-12+;. The molecule has 1 unspecified atom stereocenters. The zero-order valence-corrected chi connectivity index (χ0v) is 16.9. The van der Waals surface area contributed by atoms with Gasteiger partial charge >= 0.3 is 0 Å². The maximum Gasteiger partial charge on any atom is 0.213 e. The van der Waals surface area contributed by atoms with Crippen molar-refractivity contribution in [3.05, 3.63) is 83.3 Å². The summed E-state index contributed by atoms with van der Waals surface area (Å²) in [5.41, 5.74) is 5.48. The molecule has 0 aromatic heterocycles. The van der Waals surface area contributed by atoms with Crippen LogP contribution >= 0.6 is 0 Å². The van der Waals surface area contributed by atoms with Gasteiger partial charge in [0.2, 0.25) is 5.88 Å². The number of aliphatic imine (C=N–C) groups is 1. The Hall–Kier alpha value is -2.35. The van der Waals surface area contributed by atoms with Crippen molar-refractivity contribution >= 4 is 5.71 Å². The molecule has 0 fully saturated rings. The van der Waals surface area contributed by atoms with Crippen molar-refractivity contribution in [2.75, 3.05) is 0 Å². The highest BCUT2D eigenvalue weighted by Gasteiger charge is 2.14. The number of aliphatic hydroxyl groups excluding tert-OH is 1. The van der Waals surface area contributed by atoms with Gasteiger partial charge in [-0.2, -0.15) is 0 Å². The maximum atomic E-state index is 9.61. The fourth-order valence-electron chi connectivity index (χ4n) is 2.72. The summed E-state index contributed by atoms with van der Waals surface area (Å²) >= 11 is 0. The summed E-state index contributed by atoms with van der Waals surface area (Å²) in [5, 5.41) is 9.61. The second kappa shape index (κ2) is 11.3. The number of rotatable bonds is 4. The second-order valence-corrected chi connectivity index (χ2v) is 6.86. The first-order valence-corrected chi connectivity index (χ1v) is 9.35. The van der Waals surface area contributed by atoms with Gasteiger partial charge in [-0.1, -0.05) is 62.1 Å². The van der Waals surface area contributed by atoms with E-state index in [0.29, 0.717) is 0 Å². The lowest BCUT2D eigenvalue weighted by molar-refractivity contribution is 0.402. The third kappa shape index (κ3) is 7.26. The van der Waals surface area contributed by atoms with Crippen molar-refractivity contribution in [2.45, 2.75) is 59.8 Å². The number of nitrogens with zero attached hydrogens (tertiary/aromatic N) is 1. The highest BCUT2D eigenvalue weighted by molar-refractivity contribution is 5.97. The van der Waals surface area contributed by atoms with Crippen LogP contribution in [0.25, 0.3) is 0 Å². The van der Waals surface area contributed by atoms with Crippen molar-refractivity contribution in [3.63, 3.8) is 0 Å². The SMILES string of the molecule is C=C(C)/C(C)=N/C(O)=C(C)/C=C\C=C/C.CC1CCCc2ccccc21. The lowest BCUT2D eigenvalue weighted by Gasteiger charge is -2.21. The van der Waals surface area contributed by atoms with E-state index in [1.54, 1.807) is 11.1 Å². The topological polar surface area (TPSA) is 32.6 Å². The van der Waals surface area contributed by atoms with Crippen LogP contribution in [0, 0.1) is 0 Å². The van der Waals surface area contributed by atoms with Crippen molar-refractivity contribution in [1.29, 1.82) is 0 Å². The van der Waals surface area contributed by atoms with Gasteiger partial charge in [0.25, 0.3) is 0 Å². The summed E-state index contributed by atoms with van der Waals surface area (Å²) in [4.78, 5) is 4.03. The Bertz CT molecular complexity index is 719. The Morgan fingerprint density at radius 2 is 1.88 bits per heavy atom. The van der Waals surface area contributed by atoms with Crippen molar-refractivity contribution < 1.29 is 5.11 Å². The fourth-order valence-corrected chi connectivity index (χ4v) is 2.72. The monoisotopic (exact) mass is 351 g/mol. The smallest absolute Gasteiger partial charge is 0.213 e. The Morgan fingerprint density at radius 3 is 2.50 bits per heavy atom. The van der Waals surface area contributed by atoms with Gasteiger partial charge in [0.05, 0.1) is 0 Å². The van der Waals surface area contributed by atoms with Crippen molar-refractivity contribution in [3.8, 4) is 0 Å². The van der Waals surface area contributed by atoms with E-state index in [0.717, 1.165) is 22.8 Å². The maximum absolute atomic E-state index is 9.61. The van der Waals surface area contributed by atoms with E-state index in [1.165, 1.54) is 19.3 Å². The van der Waals surface area contributed by atoms with E-state index in [2.05, 4.69) is 42.8 Å². The lowest BCUT2D eigenvalue weighted by Crippen LogP contribution is -2.05. The number of hydrogen-bond donors (Lipinski definition) is 1. The molecule has 0 saturated carbocycles. The molecule has 1 aliphatic carbocycles. The Kier molecular flexibility index (Phi) is 9.43. The molecule has 2 heteroatoms. The first-order chi connectivity index (χ1) is 12.4. The molecule has 0 spiro atoms. The first-order valence-electron chi connectivity index (χ1n) is 9.35. The highest BCUT2D eigenvalue weighted by atomic mass is 16.3. The number of fused-ring (bicyclic) bond motifs is 1.